The maximum Gasteiger partial charge on any atom is 0.251 e. The highest BCUT2D eigenvalue weighted by atomic mass is 33.1. The number of nitrogens with zero attached hydrogens (tertiary/aromatic N) is 1. The van der Waals surface area contributed by atoms with Crippen LogP contribution in [0.1, 0.15) is 73.6 Å². The third kappa shape index (κ3) is 15.6. The Hall–Kier alpha value is -2.19. The fourth-order valence-electron chi connectivity index (χ4n) is 3.59. The van der Waals surface area contributed by atoms with Crippen molar-refractivity contribution in [3.63, 3.8) is 0 Å². The van der Waals surface area contributed by atoms with Gasteiger partial charge in [0, 0.05) is 35.9 Å². The summed E-state index contributed by atoms with van der Waals surface area (Å²) < 4.78 is 0. The van der Waals surface area contributed by atoms with Gasteiger partial charge in [-0.1, -0.05) is 37.6 Å². The maximum absolute atomic E-state index is 13.1. The van der Waals surface area contributed by atoms with E-state index in [-0.39, 0.29) is 42.4 Å². The van der Waals surface area contributed by atoms with Crippen molar-refractivity contribution in [2.45, 2.75) is 109 Å². The van der Waals surface area contributed by atoms with Gasteiger partial charge in [-0.2, -0.15) is 0 Å². The van der Waals surface area contributed by atoms with Crippen LogP contribution in [0.2, 0.25) is 0 Å². The van der Waals surface area contributed by atoms with E-state index in [4.69, 9.17) is 5.73 Å². The van der Waals surface area contributed by atoms with Crippen LogP contribution in [0.4, 0.5) is 0 Å². The predicted octanol–water partition coefficient (Wildman–Crippen LogP) is 1.95. The van der Waals surface area contributed by atoms with Crippen molar-refractivity contribution >= 4 is 45.1 Å². The van der Waals surface area contributed by atoms with Gasteiger partial charge in [-0.05, 0) is 69.4 Å². The van der Waals surface area contributed by atoms with Crippen LogP contribution < -0.4 is 21.7 Å². The molecule has 4 unspecified atom stereocenters. The van der Waals surface area contributed by atoms with E-state index in [9.17, 15) is 29.4 Å². The number of nitrogens with one attached hydrogen (secondary N) is 3. The van der Waals surface area contributed by atoms with Gasteiger partial charge in [-0.25, -0.2) is 4.98 Å². The van der Waals surface area contributed by atoms with E-state index < -0.39 is 41.5 Å². The van der Waals surface area contributed by atoms with E-state index in [0.29, 0.717) is 19.3 Å². The van der Waals surface area contributed by atoms with Gasteiger partial charge in [0.1, 0.15) is 16.9 Å². The average Bonchev–Trinajstić information content (AvgIpc) is 2.88. The number of amides is 3. The summed E-state index contributed by atoms with van der Waals surface area (Å²) in [6, 6.07) is 4.06. The number of carbonyl (C=O) groups is 4. The van der Waals surface area contributed by atoms with Crippen LogP contribution in [0.3, 0.4) is 0 Å². The molecule has 4 atom stereocenters. The topological polar surface area (TPSA) is 184 Å². The van der Waals surface area contributed by atoms with Crippen LogP contribution >= 0.6 is 21.6 Å². The number of primary amides is 1. The molecule has 0 aliphatic heterocycles. The van der Waals surface area contributed by atoms with Crippen molar-refractivity contribution in [1.29, 1.82) is 0 Å². The minimum absolute atomic E-state index is 0.00735. The van der Waals surface area contributed by atoms with Gasteiger partial charge in [0.15, 0.2) is 6.10 Å². The lowest BCUT2D eigenvalue weighted by Gasteiger charge is -2.29. The molecule has 1 heterocycles. The van der Waals surface area contributed by atoms with Gasteiger partial charge in [-0.3, -0.25) is 19.2 Å². The van der Waals surface area contributed by atoms with Gasteiger partial charge in [0.25, 0.3) is 5.91 Å². The second-order valence-electron chi connectivity index (χ2n) is 12.0. The highest BCUT2D eigenvalue weighted by Gasteiger charge is 2.29. The van der Waals surface area contributed by atoms with Crippen LogP contribution in [-0.4, -0.2) is 80.8 Å². The van der Waals surface area contributed by atoms with E-state index >= 15 is 0 Å². The van der Waals surface area contributed by atoms with E-state index in [2.05, 4.69) is 20.9 Å². The Morgan fingerprint density at radius 3 is 2.22 bits per heavy atom. The molecular weight excluding hydrogens is 566 g/mol. The lowest BCUT2D eigenvalue weighted by Crippen LogP contribution is -2.56. The van der Waals surface area contributed by atoms with Gasteiger partial charge < -0.3 is 31.9 Å². The molecule has 41 heavy (non-hydrogen) atoms. The minimum Gasteiger partial charge on any atom is -0.390 e. The van der Waals surface area contributed by atoms with Gasteiger partial charge in [0.05, 0.1) is 12.1 Å². The third-order valence-electron chi connectivity index (χ3n) is 5.96. The summed E-state index contributed by atoms with van der Waals surface area (Å²) in [5.74, 6) is -1.48. The predicted molar refractivity (Wildman–Crippen MR) is 163 cm³/mol. The zero-order chi connectivity index (χ0) is 31.2. The normalized spacial score (nSPS) is 14.9. The third-order valence-corrected chi connectivity index (χ3v) is 8.23. The Labute approximate surface area is 251 Å². The lowest BCUT2D eigenvalue weighted by atomic mass is 9.87. The zero-order valence-corrected chi connectivity index (χ0v) is 26.6. The monoisotopic (exact) mass is 613 g/mol. The highest BCUT2D eigenvalue weighted by Crippen LogP contribution is 2.29. The Morgan fingerprint density at radius 2 is 1.66 bits per heavy atom. The highest BCUT2D eigenvalue weighted by molar-refractivity contribution is 8.76. The molecule has 0 aliphatic rings. The quantitative estimate of drug-likeness (QED) is 0.106. The Kier molecular flexibility index (Phi) is 15.9. The van der Waals surface area contributed by atoms with Crippen molar-refractivity contribution in [1.82, 2.24) is 20.9 Å². The van der Waals surface area contributed by atoms with Crippen molar-refractivity contribution in [3.8, 4) is 0 Å². The van der Waals surface area contributed by atoms with Crippen LogP contribution in [-0.2, 0) is 19.2 Å². The Bertz CT molecular complexity index is 984. The molecule has 1 rings (SSSR count). The number of ketones is 1. The molecule has 13 heteroatoms. The number of nitrogens with two attached hydrogens (primary N) is 1. The number of hydrogen-bond acceptors (Lipinski definition) is 10. The molecule has 0 aliphatic carbocycles. The molecular formula is C28H47N5O6S2. The van der Waals surface area contributed by atoms with Gasteiger partial charge in [0.2, 0.25) is 11.8 Å². The number of Topliss-reactive ketones (excluding diaryl/α,β-unsaturated/α-hetero) is 1. The SMILES string of the molecule is CC(C)(C)NC(CCCCNC(=O)C(O)C(O)CCC(=O)C(C)(C)C)C(=O)NC(CSSc1ccccn1)C(N)=O. The molecule has 0 saturated heterocycles. The van der Waals surface area contributed by atoms with Crippen molar-refractivity contribution in [2.75, 3.05) is 12.3 Å². The number of aliphatic hydroxyl groups excluding tert-OH is 2. The number of carbonyl (C=O) groups excluding carboxylic acids is 4. The fourth-order valence-corrected chi connectivity index (χ4v) is 5.67. The summed E-state index contributed by atoms with van der Waals surface area (Å²) in [5.41, 5.74) is 4.62. The second-order valence-corrected chi connectivity index (χ2v) is 14.3. The molecule has 0 bridgehead atoms. The van der Waals surface area contributed by atoms with E-state index in [1.54, 1.807) is 27.0 Å². The number of unbranched alkanes of at least 4 members (excludes halogenated alkanes) is 1. The fraction of sp³-hybridized carbons (Fsp3) is 0.679. The zero-order valence-electron chi connectivity index (χ0n) is 24.9. The van der Waals surface area contributed by atoms with E-state index in [0.717, 1.165) is 5.03 Å². The Morgan fingerprint density at radius 1 is 0.976 bits per heavy atom. The molecule has 0 spiro atoms. The molecule has 0 aromatic carbocycles. The first-order chi connectivity index (χ1) is 19.0. The molecule has 0 fully saturated rings. The summed E-state index contributed by atoms with van der Waals surface area (Å²) in [6.45, 7) is 11.3. The van der Waals surface area contributed by atoms with Crippen LogP contribution in [0.15, 0.2) is 29.4 Å². The van der Waals surface area contributed by atoms with Crippen molar-refractivity contribution in [2.24, 2.45) is 11.1 Å². The molecule has 0 radical (unpaired) electrons. The molecule has 1 aromatic heterocycles. The molecule has 0 saturated carbocycles. The summed E-state index contributed by atoms with van der Waals surface area (Å²) in [4.78, 5) is 53.6. The first-order valence-electron chi connectivity index (χ1n) is 13.8. The second kappa shape index (κ2) is 17.7. The van der Waals surface area contributed by atoms with Crippen LogP contribution in [0.5, 0.6) is 0 Å². The van der Waals surface area contributed by atoms with Crippen molar-refractivity contribution < 1.29 is 29.4 Å². The standard InChI is InChI=1S/C28H47N5O6S2/c1-27(2,3)21(35)14-13-20(34)23(36)26(39)31-16-9-7-11-18(33-28(4,5)6)25(38)32-19(24(29)37)17-40-41-22-12-8-10-15-30-22/h8,10,12,15,18-20,23,33-34,36H,7,9,11,13-14,16-17H2,1-6H3,(H2,29,37)(H,31,39)(H,32,38). The smallest absolute Gasteiger partial charge is 0.251 e. The van der Waals surface area contributed by atoms with Crippen LogP contribution in [0.25, 0.3) is 0 Å². The van der Waals surface area contributed by atoms with E-state index in [1.807, 2.05) is 39.0 Å². The largest absolute Gasteiger partial charge is 0.390 e. The first-order valence-corrected chi connectivity index (χ1v) is 16.1. The number of hydrogen-bond donors (Lipinski definition) is 6. The summed E-state index contributed by atoms with van der Waals surface area (Å²) in [5, 5.41) is 29.6. The van der Waals surface area contributed by atoms with Crippen LogP contribution in [0, 0.1) is 5.41 Å². The van der Waals surface area contributed by atoms with Crippen molar-refractivity contribution in [3.05, 3.63) is 24.4 Å². The number of aliphatic hydroxyl groups is 2. The molecule has 1 aromatic rings. The molecule has 232 valence electrons. The number of pyridine rings is 1. The Balaban J connectivity index is 2.55. The summed E-state index contributed by atoms with van der Waals surface area (Å²) in [6.07, 6.45) is 0.264. The summed E-state index contributed by atoms with van der Waals surface area (Å²) >= 11 is 0. The molecule has 7 N–H and O–H groups in total. The maximum atomic E-state index is 13.1. The van der Waals surface area contributed by atoms with Gasteiger partial charge >= 0.3 is 0 Å². The minimum atomic E-state index is -1.64. The summed E-state index contributed by atoms with van der Waals surface area (Å²) in [7, 11) is 2.76. The first kappa shape index (κ1) is 36.8. The van der Waals surface area contributed by atoms with Gasteiger partial charge in [-0.15, -0.1) is 0 Å². The number of rotatable bonds is 18. The van der Waals surface area contributed by atoms with E-state index in [1.165, 1.54) is 21.6 Å². The average molecular weight is 614 g/mol. The molecule has 11 nitrogen and oxygen atoms in total. The molecule has 3 amide bonds. The lowest BCUT2D eigenvalue weighted by molar-refractivity contribution is -0.136. The number of aromatic nitrogens is 1.